The molecule has 1 aromatic rings. The summed E-state index contributed by atoms with van der Waals surface area (Å²) in [6.45, 7) is 5.11. The third-order valence-corrected chi connectivity index (χ3v) is 1.64. The van der Waals surface area contributed by atoms with E-state index in [4.69, 9.17) is 4.74 Å². The minimum absolute atomic E-state index is 0.340. The Labute approximate surface area is 77.0 Å². The predicted molar refractivity (Wildman–Crippen MR) is 47.5 cm³/mol. The third kappa shape index (κ3) is 2.24. The highest BCUT2D eigenvalue weighted by Gasteiger charge is 2.09. The van der Waals surface area contributed by atoms with Crippen molar-refractivity contribution in [1.29, 1.82) is 0 Å². The van der Waals surface area contributed by atoms with Gasteiger partial charge in [0.15, 0.2) is 5.75 Å². The standard InChI is InChI=1S/C9H12N2O2/c1-4-8-9(13-7(3)12)6(2)10-5-11-8/h5H,4H2,1-3H3. The second-order valence-corrected chi connectivity index (χ2v) is 2.68. The quantitative estimate of drug-likeness (QED) is 0.643. The maximum Gasteiger partial charge on any atom is 0.308 e. The van der Waals surface area contributed by atoms with Crippen molar-refractivity contribution in [2.45, 2.75) is 27.2 Å². The Morgan fingerprint density at radius 2 is 2.23 bits per heavy atom. The number of rotatable bonds is 2. The van der Waals surface area contributed by atoms with Crippen LogP contribution in [-0.2, 0) is 11.2 Å². The van der Waals surface area contributed by atoms with Crippen molar-refractivity contribution in [2.24, 2.45) is 0 Å². The lowest BCUT2D eigenvalue weighted by atomic mass is 10.2. The van der Waals surface area contributed by atoms with Crippen LogP contribution < -0.4 is 4.74 Å². The lowest BCUT2D eigenvalue weighted by molar-refractivity contribution is -0.132. The summed E-state index contributed by atoms with van der Waals surface area (Å²) in [6, 6.07) is 0. The Morgan fingerprint density at radius 1 is 1.54 bits per heavy atom. The topological polar surface area (TPSA) is 52.1 Å². The lowest BCUT2D eigenvalue weighted by Gasteiger charge is -2.07. The van der Waals surface area contributed by atoms with E-state index in [1.165, 1.54) is 13.3 Å². The second kappa shape index (κ2) is 3.98. The molecule has 0 amide bonds. The van der Waals surface area contributed by atoms with Crippen LogP contribution in [-0.4, -0.2) is 15.9 Å². The summed E-state index contributed by atoms with van der Waals surface area (Å²) >= 11 is 0. The minimum Gasteiger partial charge on any atom is -0.423 e. The van der Waals surface area contributed by atoms with Crippen LogP contribution in [0.2, 0.25) is 0 Å². The fraction of sp³-hybridized carbons (Fsp3) is 0.444. The summed E-state index contributed by atoms with van der Waals surface area (Å²) < 4.78 is 5.00. The molecule has 0 unspecified atom stereocenters. The molecule has 0 aliphatic rings. The summed E-state index contributed by atoms with van der Waals surface area (Å²) in [5, 5.41) is 0. The van der Waals surface area contributed by atoms with Crippen LogP contribution in [0.3, 0.4) is 0 Å². The Hall–Kier alpha value is -1.45. The van der Waals surface area contributed by atoms with E-state index in [1.54, 1.807) is 6.92 Å². The number of nitrogens with zero attached hydrogens (tertiary/aromatic N) is 2. The fourth-order valence-electron chi connectivity index (χ4n) is 1.04. The van der Waals surface area contributed by atoms with E-state index in [2.05, 4.69) is 9.97 Å². The normalized spacial score (nSPS) is 9.77. The zero-order valence-corrected chi connectivity index (χ0v) is 8.00. The van der Waals surface area contributed by atoms with Crippen LogP contribution in [0.5, 0.6) is 5.75 Å². The van der Waals surface area contributed by atoms with Gasteiger partial charge >= 0.3 is 5.97 Å². The number of aryl methyl sites for hydroxylation is 2. The van der Waals surface area contributed by atoms with Gasteiger partial charge in [-0.2, -0.15) is 0 Å². The smallest absolute Gasteiger partial charge is 0.308 e. The van der Waals surface area contributed by atoms with Crippen LogP contribution in [0.15, 0.2) is 6.33 Å². The van der Waals surface area contributed by atoms with Crippen LogP contribution in [0.25, 0.3) is 0 Å². The molecule has 0 fully saturated rings. The van der Waals surface area contributed by atoms with Gasteiger partial charge in [0, 0.05) is 6.92 Å². The number of esters is 1. The van der Waals surface area contributed by atoms with Crippen molar-refractivity contribution in [3.63, 3.8) is 0 Å². The molecule has 4 nitrogen and oxygen atoms in total. The van der Waals surface area contributed by atoms with E-state index in [1.807, 2.05) is 6.92 Å². The molecule has 13 heavy (non-hydrogen) atoms. The maximum absolute atomic E-state index is 10.8. The highest BCUT2D eigenvalue weighted by Crippen LogP contribution is 2.19. The number of ether oxygens (including phenoxy) is 1. The number of hydrogen-bond acceptors (Lipinski definition) is 4. The van der Waals surface area contributed by atoms with E-state index in [9.17, 15) is 4.79 Å². The van der Waals surface area contributed by atoms with Crippen LogP contribution in [0.1, 0.15) is 25.2 Å². The predicted octanol–water partition coefficient (Wildman–Crippen LogP) is 1.27. The van der Waals surface area contributed by atoms with Crippen molar-refractivity contribution in [1.82, 2.24) is 9.97 Å². The average molecular weight is 180 g/mol. The van der Waals surface area contributed by atoms with Crippen LogP contribution in [0.4, 0.5) is 0 Å². The molecular weight excluding hydrogens is 168 g/mol. The lowest BCUT2D eigenvalue weighted by Crippen LogP contribution is -2.07. The Morgan fingerprint density at radius 3 is 2.77 bits per heavy atom. The van der Waals surface area contributed by atoms with Gasteiger partial charge in [-0.05, 0) is 13.3 Å². The Balaban J connectivity index is 3.07. The Bertz CT molecular complexity index is 323. The van der Waals surface area contributed by atoms with Gasteiger partial charge in [-0.1, -0.05) is 6.92 Å². The summed E-state index contributed by atoms with van der Waals surface area (Å²) in [4.78, 5) is 18.7. The summed E-state index contributed by atoms with van der Waals surface area (Å²) in [7, 11) is 0. The van der Waals surface area contributed by atoms with Crippen molar-refractivity contribution in [3.8, 4) is 5.75 Å². The molecule has 0 bridgehead atoms. The molecule has 0 radical (unpaired) electrons. The highest BCUT2D eigenvalue weighted by molar-refractivity contribution is 5.69. The Kier molecular flexibility index (Phi) is 2.95. The number of hydrogen-bond donors (Lipinski definition) is 0. The third-order valence-electron chi connectivity index (χ3n) is 1.64. The first-order chi connectivity index (χ1) is 6.15. The van der Waals surface area contributed by atoms with Gasteiger partial charge < -0.3 is 4.74 Å². The first kappa shape index (κ1) is 9.64. The summed E-state index contributed by atoms with van der Waals surface area (Å²) in [5.74, 6) is 0.158. The van der Waals surface area contributed by atoms with Gasteiger partial charge in [0.2, 0.25) is 0 Å². The molecule has 0 aromatic carbocycles. The average Bonchev–Trinajstić information content (AvgIpc) is 2.08. The minimum atomic E-state index is -0.340. The molecular formula is C9H12N2O2. The molecule has 4 heteroatoms. The zero-order valence-electron chi connectivity index (χ0n) is 8.00. The van der Waals surface area contributed by atoms with Crippen molar-refractivity contribution < 1.29 is 9.53 Å². The van der Waals surface area contributed by atoms with E-state index < -0.39 is 0 Å². The zero-order chi connectivity index (χ0) is 9.84. The van der Waals surface area contributed by atoms with E-state index in [-0.39, 0.29) is 5.97 Å². The monoisotopic (exact) mass is 180 g/mol. The van der Waals surface area contributed by atoms with Gasteiger partial charge in [-0.25, -0.2) is 9.97 Å². The van der Waals surface area contributed by atoms with Gasteiger partial charge in [-0.15, -0.1) is 0 Å². The highest BCUT2D eigenvalue weighted by atomic mass is 16.5. The first-order valence-electron chi connectivity index (χ1n) is 4.14. The molecule has 0 saturated carbocycles. The van der Waals surface area contributed by atoms with Crippen LogP contribution in [0, 0.1) is 6.92 Å². The van der Waals surface area contributed by atoms with Crippen molar-refractivity contribution >= 4 is 5.97 Å². The van der Waals surface area contributed by atoms with Crippen LogP contribution >= 0.6 is 0 Å². The second-order valence-electron chi connectivity index (χ2n) is 2.68. The SMILES string of the molecule is CCc1ncnc(C)c1OC(C)=O. The van der Waals surface area contributed by atoms with Crippen molar-refractivity contribution in [3.05, 3.63) is 17.7 Å². The summed E-state index contributed by atoms with van der Waals surface area (Å²) in [6.07, 6.45) is 2.20. The molecule has 1 rings (SSSR count). The van der Waals surface area contributed by atoms with Gasteiger partial charge in [-0.3, -0.25) is 4.79 Å². The van der Waals surface area contributed by atoms with Gasteiger partial charge in [0.1, 0.15) is 6.33 Å². The number of carbonyl (C=O) groups excluding carboxylic acids is 1. The van der Waals surface area contributed by atoms with E-state index >= 15 is 0 Å². The number of aromatic nitrogens is 2. The van der Waals surface area contributed by atoms with Gasteiger partial charge in [0.25, 0.3) is 0 Å². The molecule has 1 heterocycles. The molecule has 0 saturated heterocycles. The molecule has 0 aliphatic carbocycles. The van der Waals surface area contributed by atoms with Gasteiger partial charge in [0.05, 0.1) is 11.4 Å². The maximum atomic E-state index is 10.8. The first-order valence-corrected chi connectivity index (χ1v) is 4.14. The fourth-order valence-corrected chi connectivity index (χ4v) is 1.04. The van der Waals surface area contributed by atoms with Crippen molar-refractivity contribution in [2.75, 3.05) is 0 Å². The molecule has 0 N–H and O–H groups in total. The largest absolute Gasteiger partial charge is 0.423 e. The molecule has 0 atom stereocenters. The molecule has 1 aromatic heterocycles. The molecule has 70 valence electrons. The molecule has 0 spiro atoms. The summed E-state index contributed by atoms with van der Waals surface area (Å²) in [5.41, 5.74) is 1.46. The number of carbonyl (C=O) groups is 1. The van der Waals surface area contributed by atoms with E-state index in [0.717, 1.165) is 12.1 Å². The molecule has 0 aliphatic heterocycles. The van der Waals surface area contributed by atoms with E-state index in [0.29, 0.717) is 11.4 Å².